The van der Waals surface area contributed by atoms with E-state index in [1.54, 1.807) is 35.2 Å². The van der Waals surface area contributed by atoms with Gasteiger partial charge in [0.15, 0.2) is 0 Å². The predicted molar refractivity (Wildman–Crippen MR) is 106 cm³/mol. The molecule has 1 saturated heterocycles. The Labute approximate surface area is 165 Å². The van der Waals surface area contributed by atoms with Crippen LogP contribution >= 0.6 is 0 Å². The van der Waals surface area contributed by atoms with Crippen molar-refractivity contribution >= 4 is 27.8 Å². The molecule has 146 valence electrons. The summed E-state index contributed by atoms with van der Waals surface area (Å²) in [7, 11) is 0. The zero-order valence-electron chi connectivity index (χ0n) is 15.5. The molecule has 0 bridgehead atoms. The average Bonchev–Trinajstić information content (AvgIpc) is 3.17. The Bertz CT molecular complexity index is 1230. The smallest absolute Gasteiger partial charge is 0.272 e. The number of pyridine rings is 1. The minimum atomic E-state index is -0.433. The van der Waals surface area contributed by atoms with Crippen molar-refractivity contribution in [3.8, 4) is 0 Å². The SMILES string of the molecule is O=C(c1ccc2cccc(F)c2n1)N1CCC(c2nc3ccc(F)cc3[nH]2)CC1. The molecule has 2 aromatic heterocycles. The Morgan fingerprint density at radius 2 is 1.86 bits per heavy atom. The van der Waals surface area contributed by atoms with Gasteiger partial charge in [0.2, 0.25) is 0 Å². The van der Waals surface area contributed by atoms with E-state index in [9.17, 15) is 13.6 Å². The van der Waals surface area contributed by atoms with E-state index in [1.807, 2.05) is 0 Å². The zero-order valence-corrected chi connectivity index (χ0v) is 15.5. The van der Waals surface area contributed by atoms with Crippen LogP contribution in [0.2, 0.25) is 0 Å². The van der Waals surface area contributed by atoms with Gasteiger partial charge in [0.1, 0.15) is 28.7 Å². The second kappa shape index (κ2) is 6.92. The highest BCUT2D eigenvalue weighted by atomic mass is 19.1. The van der Waals surface area contributed by atoms with Gasteiger partial charge in [-0.1, -0.05) is 18.2 Å². The van der Waals surface area contributed by atoms with E-state index in [0.29, 0.717) is 24.0 Å². The number of imidazole rings is 1. The summed E-state index contributed by atoms with van der Waals surface area (Å²) in [6, 6.07) is 12.6. The van der Waals surface area contributed by atoms with Crippen molar-refractivity contribution in [2.45, 2.75) is 18.8 Å². The summed E-state index contributed by atoms with van der Waals surface area (Å²) in [5, 5.41) is 0.668. The molecule has 5 rings (SSSR count). The zero-order chi connectivity index (χ0) is 20.0. The van der Waals surface area contributed by atoms with Gasteiger partial charge in [0.25, 0.3) is 5.91 Å². The maximum atomic E-state index is 14.0. The number of H-pyrrole nitrogens is 1. The molecule has 1 amide bonds. The number of benzene rings is 2. The van der Waals surface area contributed by atoms with Crippen molar-refractivity contribution in [1.82, 2.24) is 19.9 Å². The third kappa shape index (κ3) is 3.22. The van der Waals surface area contributed by atoms with Crippen molar-refractivity contribution in [3.63, 3.8) is 0 Å². The Morgan fingerprint density at radius 1 is 1.03 bits per heavy atom. The molecule has 0 aliphatic carbocycles. The minimum absolute atomic E-state index is 0.177. The van der Waals surface area contributed by atoms with Gasteiger partial charge in [-0.3, -0.25) is 4.79 Å². The molecule has 1 fully saturated rings. The fourth-order valence-electron chi connectivity index (χ4n) is 3.94. The first-order chi connectivity index (χ1) is 14.1. The monoisotopic (exact) mass is 392 g/mol. The number of likely N-dealkylation sites (tertiary alicyclic amines) is 1. The Morgan fingerprint density at radius 3 is 2.69 bits per heavy atom. The van der Waals surface area contributed by atoms with Gasteiger partial charge in [-0.2, -0.15) is 0 Å². The van der Waals surface area contributed by atoms with Crippen molar-refractivity contribution < 1.29 is 13.6 Å². The molecule has 0 atom stereocenters. The van der Waals surface area contributed by atoms with Gasteiger partial charge < -0.3 is 9.88 Å². The lowest BCUT2D eigenvalue weighted by atomic mass is 9.96. The van der Waals surface area contributed by atoms with E-state index in [0.717, 1.165) is 24.2 Å². The number of halogens is 2. The van der Waals surface area contributed by atoms with E-state index in [-0.39, 0.29) is 28.9 Å². The highest BCUT2D eigenvalue weighted by molar-refractivity contribution is 5.95. The number of rotatable bonds is 2. The fourth-order valence-corrected chi connectivity index (χ4v) is 3.94. The molecular weight excluding hydrogens is 374 g/mol. The van der Waals surface area contributed by atoms with Crippen molar-refractivity contribution in [1.29, 1.82) is 0 Å². The third-order valence-corrected chi connectivity index (χ3v) is 5.52. The summed E-state index contributed by atoms with van der Waals surface area (Å²) in [5.74, 6) is 0.0741. The topological polar surface area (TPSA) is 61.9 Å². The van der Waals surface area contributed by atoms with Gasteiger partial charge in [0, 0.05) is 24.4 Å². The Kier molecular flexibility index (Phi) is 4.23. The van der Waals surface area contributed by atoms with Crippen LogP contribution in [-0.4, -0.2) is 38.8 Å². The lowest BCUT2D eigenvalue weighted by Gasteiger charge is -2.31. The van der Waals surface area contributed by atoms with Crippen LogP contribution < -0.4 is 0 Å². The molecular formula is C22H18F2N4O. The summed E-state index contributed by atoms with van der Waals surface area (Å²) in [6.07, 6.45) is 1.49. The van der Waals surface area contributed by atoms with Crippen LogP contribution in [0.5, 0.6) is 0 Å². The summed E-state index contributed by atoms with van der Waals surface area (Å²) in [4.78, 5) is 26.6. The molecule has 7 heteroatoms. The molecule has 0 spiro atoms. The molecule has 1 aliphatic rings. The number of carbonyl (C=O) groups is 1. The average molecular weight is 392 g/mol. The second-order valence-corrected chi connectivity index (χ2v) is 7.36. The molecule has 29 heavy (non-hydrogen) atoms. The normalized spacial score (nSPS) is 15.3. The van der Waals surface area contributed by atoms with E-state index in [2.05, 4.69) is 15.0 Å². The third-order valence-electron chi connectivity index (χ3n) is 5.52. The number of hydrogen-bond donors (Lipinski definition) is 1. The van der Waals surface area contributed by atoms with Crippen LogP contribution in [0.15, 0.2) is 48.5 Å². The van der Waals surface area contributed by atoms with Crippen LogP contribution in [0.3, 0.4) is 0 Å². The lowest BCUT2D eigenvalue weighted by Crippen LogP contribution is -2.38. The van der Waals surface area contributed by atoms with Crippen LogP contribution in [-0.2, 0) is 0 Å². The number of hydrogen-bond acceptors (Lipinski definition) is 3. The van der Waals surface area contributed by atoms with E-state index in [4.69, 9.17) is 0 Å². The number of piperidine rings is 1. The number of para-hydroxylation sites is 1. The van der Waals surface area contributed by atoms with Crippen LogP contribution in [0.25, 0.3) is 21.9 Å². The molecule has 1 aliphatic heterocycles. The van der Waals surface area contributed by atoms with Crippen LogP contribution in [0, 0.1) is 11.6 Å². The van der Waals surface area contributed by atoms with E-state index < -0.39 is 5.82 Å². The molecule has 3 heterocycles. The molecule has 1 N–H and O–H groups in total. The number of aromatic nitrogens is 3. The first-order valence-corrected chi connectivity index (χ1v) is 9.58. The van der Waals surface area contributed by atoms with Crippen molar-refractivity contribution in [3.05, 3.63) is 71.7 Å². The van der Waals surface area contributed by atoms with E-state index >= 15 is 0 Å². The summed E-state index contributed by atoms with van der Waals surface area (Å²) >= 11 is 0. The van der Waals surface area contributed by atoms with Crippen LogP contribution in [0.1, 0.15) is 35.1 Å². The summed E-state index contributed by atoms with van der Waals surface area (Å²) in [6.45, 7) is 1.12. The number of aromatic amines is 1. The quantitative estimate of drug-likeness (QED) is 0.550. The minimum Gasteiger partial charge on any atom is -0.342 e. The van der Waals surface area contributed by atoms with Gasteiger partial charge in [-0.05, 0) is 43.2 Å². The van der Waals surface area contributed by atoms with Gasteiger partial charge in [-0.15, -0.1) is 0 Å². The predicted octanol–water partition coefficient (Wildman–Crippen LogP) is 4.41. The first-order valence-electron chi connectivity index (χ1n) is 9.58. The fraction of sp³-hybridized carbons (Fsp3) is 0.227. The molecule has 0 unspecified atom stereocenters. The first kappa shape index (κ1) is 17.7. The number of amides is 1. The number of nitrogens with zero attached hydrogens (tertiary/aromatic N) is 3. The standard InChI is InChI=1S/C22H18F2N4O/c23-15-5-7-17-19(12-15)27-21(26-17)14-8-10-28(11-9-14)22(29)18-6-4-13-2-1-3-16(24)20(13)25-18/h1-7,12,14H,8-11H2,(H,26,27). The number of fused-ring (bicyclic) bond motifs is 2. The Balaban J connectivity index is 1.32. The van der Waals surface area contributed by atoms with Crippen LogP contribution in [0.4, 0.5) is 8.78 Å². The molecule has 2 aromatic carbocycles. The maximum absolute atomic E-state index is 14.0. The summed E-state index contributed by atoms with van der Waals surface area (Å²) < 4.78 is 27.4. The van der Waals surface area contributed by atoms with Crippen molar-refractivity contribution in [2.75, 3.05) is 13.1 Å². The number of nitrogens with one attached hydrogen (secondary N) is 1. The highest BCUT2D eigenvalue weighted by Crippen LogP contribution is 2.28. The molecule has 5 nitrogen and oxygen atoms in total. The van der Waals surface area contributed by atoms with Gasteiger partial charge >= 0.3 is 0 Å². The van der Waals surface area contributed by atoms with Gasteiger partial charge in [0.05, 0.1) is 11.0 Å². The summed E-state index contributed by atoms with van der Waals surface area (Å²) in [5.41, 5.74) is 1.88. The Hall–Kier alpha value is -3.35. The van der Waals surface area contributed by atoms with Crippen molar-refractivity contribution in [2.24, 2.45) is 0 Å². The van der Waals surface area contributed by atoms with E-state index in [1.165, 1.54) is 18.2 Å². The molecule has 0 saturated carbocycles. The molecule has 4 aromatic rings. The highest BCUT2D eigenvalue weighted by Gasteiger charge is 2.27. The second-order valence-electron chi connectivity index (χ2n) is 7.36. The number of carbonyl (C=O) groups excluding carboxylic acids is 1. The maximum Gasteiger partial charge on any atom is 0.272 e. The largest absolute Gasteiger partial charge is 0.342 e. The lowest BCUT2D eigenvalue weighted by molar-refractivity contribution is 0.0705. The molecule has 0 radical (unpaired) electrons. The van der Waals surface area contributed by atoms with Gasteiger partial charge in [-0.25, -0.2) is 18.7 Å².